The Balaban J connectivity index is 1.64. The van der Waals surface area contributed by atoms with Crippen molar-refractivity contribution in [2.45, 2.75) is 6.54 Å². The number of hydrogen-bond donors (Lipinski definition) is 0. The first-order valence-electron chi connectivity index (χ1n) is 9.21. The van der Waals surface area contributed by atoms with Crippen molar-refractivity contribution in [2.24, 2.45) is 0 Å². The number of rotatable bonds is 4. The molecule has 6 heteroatoms. The van der Waals surface area contributed by atoms with Gasteiger partial charge in [0.25, 0.3) is 11.8 Å². The van der Waals surface area contributed by atoms with Crippen molar-refractivity contribution >= 4 is 23.5 Å². The molecular weight excluding hydrogens is 398 g/mol. The molecule has 0 bridgehead atoms. The van der Waals surface area contributed by atoms with Crippen molar-refractivity contribution in [1.82, 2.24) is 10.1 Å². The highest BCUT2D eigenvalue weighted by atomic mass is 35.5. The highest BCUT2D eigenvalue weighted by Gasteiger charge is 2.21. The number of hydrogen-bond acceptors (Lipinski definition) is 4. The molecule has 0 N–H and O–H groups in total. The zero-order valence-electron chi connectivity index (χ0n) is 15.8. The molecular formula is C24H16ClN3O2. The number of carbonyl (C=O) groups excluding carboxylic acids is 1. The molecule has 0 aliphatic heterocycles. The summed E-state index contributed by atoms with van der Waals surface area (Å²) < 4.78 is 5.38. The van der Waals surface area contributed by atoms with Gasteiger partial charge in [-0.2, -0.15) is 4.98 Å². The van der Waals surface area contributed by atoms with E-state index in [0.717, 1.165) is 11.1 Å². The first-order valence-corrected chi connectivity index (χ1v) is 9.59. The number of halogens is 1. The van der Waals surface area contributed by atoms with E-state index in [1.165, 1.54) is 4.90 Å². The summed E-state index contributed by atoms with van der Waals surface area (Å²) in [6.45, 7) is 0.267. The third kappa shape index (κ3) is 4.75. The summed E-state index contributed by atoms with van der Waals surface area (Å²) in [6, 6.07) is 25.9. The zero-order valence-corrected chi connectivity index (χ0v) is 16.6. The summed E-state index contributed by atoms with van der Waals surface area (Å²) in [7, 11) is 0. The predicted octanol–water partition coefficient (Wildman–Crippen LogP) is 4.97. The van der Waals surface area contributed by atoms with E-state index in [-0.39, 0.29) is 12.5 Å². The van der Waals surface area contributed by atoms with Gasteiger partial charge in [-0.05, 0) is 47.1 Å². The second-order valence-corrected chi connectivity index (χ2v) is 6.84. The fourth-order valence-corrected chi connectivity index (χ4v) is 2.87. The van der Waals surface area contributed by atoms with Gasteiger partial charge in [-0.15, -0.1) is 0 Å². The van der Waals surface area contributed by atoms with E-state index in [9.17, 15) is 4.79 Å². The van der Waals surface area contributed by atoms with E-state index in [0.29, 0.717) is 16.5 Å². The van der Waals surface area contributed by atoms with E-state index < -0.39 is 5.91 Å². The number of aromatic nitrogens is 2. The standard InChI is InChI=1S/C24H16ClN3O2/c25-21-14-12-20(13-15-21)23-26-24(27-30-23)28(17-19-9-5-2-6-10-19)22(29)16-11-18-7-3-1-4-8-18/h1-10,12-15H,17H2. The normalized spacial score (nSPS) is 10.2. The van der Waals surface area contributed by atoms with Crippen molar-refractivity contribution in [2.75, 3.05) is 4.90 Å². The molecule has 0 aliphatic rings. The molecule has 0 fully saturated rings. The lowest BCUT2D eigenvalue weighted by molar-refractivity contribution is -0.113. The molecule has 1 amide bonds. The topological polar surface area (TPSA) is 59.2 Å². The lowest BCUT2D eigenvalue weighted by Crippen LogP contribution is -2.30. The van der Waals surface area contributed by atoms with Crippen LogP contribution >= 0.6 is 11.6 Å². The van der Waals surface area contributed by atoms with Crippen LogP contribution in [0, 0.1) is 11.8 Å². The van der Waals surface area contributed by atoms with Gasteiger partial charge >= 0.3 is 5.91 Å². The lowest BCUT2D eigenvalue weighted by Gasteiger charge is -2.15. The quantitative estimate of drug-likeness (QED) is 0.443. The van der Waals surface area contributed by atoms with Crippen LogP contribution in [0.4, 0.5) is 5.95 Å². The molecule has 3 aromatic carbocycles. The fourth-order valence-electron chi connectivity index (χ4n) is 2.75. The molecule has 0 saturated heterocycles. The van der Waals surface area contributed by atoms with Crippen molar-refractivity contribution < 1.29 is 9.32 Å². The maximum atomic E-state index is 12.9. The minimum absolute atomic E-state index is 0.149. The second kappa shape index (κ2) is 9.08. The Bertz CT molecular complexity index is 1190. The highest BCUT2D eigenvalue weighted by molar-refractivity contribution is 6.30. The first kappa shape index (κ1) is 19.4. The van der Waals surface area contributed by atoms with Crippen molar-refractivity contribution in [3.8, 4) is 23.3 Å². The average molecular weight is 414 g/mol. The molecule has 30 heavy (non-hydrogen) atoms. The molecule has 5 nitrogen and oxygen atoms in total. The van der Waals surface area contributed by atoms with Gasteiger partial charge in [0, 0.05) is 22.1 Å². The molecule has 4 rings (SSSR count). The van der Waals surface area contributed by atoms with Gasteiger partial charge < -0.3 is 4.52 Å². The minimum atomic E-state index is -0.425. The van der Waals surface area contributed by atoms with E-state index in [1.807, 2.05) is 60.7 Å². The van der Waals surface area contributed by atoms with Gasteiger partial charge in [0.2, 0.25) is 0 Å². The Labute approximate surface area is 178 Å². The Morgan fingerprint density at radius 2 is 1.60 bits per heavy atom. The Morgan fingerprint density at radius 1 is 0.933 bits per heavy atom. The van der Waals surface area contributed by atoms with E-state index in [1.54, 1.807) is 24.3 Å². The second-order valence-electron chi connectivity index (χ2n) is 6.40. The molecule has 0 saturated carbocycles. The molecule has 0 atom stereocenters. The summed E-state index contributed by atoms with van der Waals surface area (Å²) in [4.78, 5) is 18.7. The Kier molecular flexibility index (Phi) is 5.88. The van der Waals surface area contributed by atoms with Crippen LogP contribution in [0.2, 0.25) is 5.02 Å². The molecule has 0 unspecified atom stereocenters. The monoisotopic (exact) mass is 413 g/mol. The summed E-state index contributed by atoms with van der Waals surface area (Å²) in [5, 5.41) is 4.61. The third-order valence-electron chi connectivity index (χ3n) is 4.26. The van der Waals surface area contributed by atoms with Gasteiger partial charge in [0.15, 0.2) is 0 Å². The molecule has 0 spiro atoms. The van der Waals surface area contributed by atoms with Crippen LogP contribution in [0.3, 0.4) is 0 Å². The number of anilines is 1. The van der Waals surface area contributed by atoms with Crippen molar-refractivity contribution in [3.63, 3.8) is 0 Å². The fraction of sp³-hybridized carbons (Fsp3) is 0.0417. The van der Waals surface area contributed by atoms with E-state index in [2.05, 4.69) is 22.0 Å². The van der Waals surface area contributed by atoms with Crippen molar-refractivity contribution in [3.05, 3.63) is 101 Å². The Morgan fingerprint density at radius 3 is 2.30 bits per heavy atom. The molecule has 4 aromatic rings. The van der Waals surface area contributed by atoms with E-state index >= 15 is 0 Å². The largest absolute Gasteiger partial charge is 0.332 e. The van der Waals surface area contributed by atoms with Crippen molar-refractivity contribution in [1.29, 1.82) is 0 Å². The van der Waals surface area contributed by atoms with Gasteiger partial charge in [0.1, 0.15) is 0 Å². The molecule has 1 heterocycles. The maximum absolute atomic E-state index is 12.9. The van der Waals surface area contributed by atoms with E-state index in [4.69, 9.17) is 16.1 Å². The van der Waals surface area contributed by atoms with Crippen LogP contribution in [0.15, 0.2) is 89.5 Å². The molecule has 0 aliphatic carbocycles. The van der Waals surface area contributed by atoms with Crippen LogP contribution in [0.25, 0.3) is 11.5 Å². The highest BCUT2D eigenvalue weighted by Crippen LogP contribution is 2.23. The SMILES string of the molecule is O=C(C#Cc1ccccc1)N(Cc1ccccc1)c1noc(-c2ccc(Cl)cc2)n1. The number of amides is 1. The van der Waals surface area contributed by atoms with Gasteiger partial charge in [-0.3, -0.25) is 9.69 Å². The predicted molar refractivity (Wildman–Crippen MR) is 116 cm³/mol. The molecule has 146 valence electrons. The zero-order chi connectivity index (χ0) is 20.8. The number of carbonyl (C=O) groups is 1. The van der Waals surface area contributed by atoms with Gasteiger partial charge in [-0.1, -0.05) is 66.1 Å². The third-order valence-corrected chi connectivity index (χ3v) is 4.52. The van der Waals surface area contributed by atoms with Gasteiger partial charge in [-0.25, -0.2) is 0 Å². The van der Waals surface area contributed by atoms with Gasteiger partial charge in [0.05, 0.1) is 6.54 Å². The molecule has 1 aromatic heterocycles. The minimum Gasteiger partial charge on any atom is -0.332 e. The summed E-state index contributed by atoms with van der Waals surface area (Å²) in [6.07, 6.45) is 0. The summed E-state index contributed by atoms with van der Waals surface area (Å²) in [5.41, 5.74) is 2.38. The summed E-state index contributed by atoms with van der Waals surface area (Å²) >= 11 is 5.94. The van der Waals surface area contributed by atoms with Crippen LogP contribution in [0.1, 0.15) is 11.1 Å². The van der Waals surface area contributed by atoms with Crippen LogP contribution in [-0.2, 0) is 11.3 Å². The maximum Gasteiger partial charge on any atom is 0.306 e. The Hall–Kier alpha value is -3.88. The van der Waals surface area contributed by atoms with Crippen LogP contribution in [0.5, 0.6) is 0 Å². The number of nitrogens with zero attached hydrogens (tertiary/aromatic N) is 3. The lowest BCUT2D eigenvalue weighted by atomic mass is 10.2. The van der Waals surface area contributed by atoms with Crippen LogP contribution < -0.4 is 4.90 Å². The summed E-state index contributed by atoms with van der Waals surface area (Å²) in [5.74, 6) is 5.57. The average Bonchev–Trinajstić information content (AvgIpc) is 3.27. The molecule has 0 radical (unpaired) electrons. The smallest absolute Gasteiger partial charge is 0.306 e. The number of benzene rings is 3. The van der Waals surface area contributed by atoms with Crippen LogP contribution in [-0.4, -0.2) is 16.0 Å². The first-order chi connectivity index (χ1) is 14.7.